The van der Waals surface area contributed by atoms with Crippen LogP contribution < -0.4 is 5.32 Å². The average Bonchev–Trinajstić information content (AvgIpc) is 3.40. The van der Waals surface area contributed by atoms with E-state index >= 15 is 0 Å². The van der Waals surface area contributed by atoms with Crippen LogP contribution in [0, 0.1) is 0 Å². The predicted molar refractivity (Wildman–Crippen MR) is 143 cm³/mol. The molecule has 0 aliphatic carbocycles. The lowest BCUT2D eigenvalue weighted by Gasteiger charge is -2.13. The van der Waals surface area contributed by atoms with Crippen molar-refractivity contribution in [2.24, 2.45) is 0 Å². The van der Waals surface area contributed by atoms with Crippen LogP contribution in [0.1, 0.15) is 16.7 Å². The van der Waals surface area contributed by atoms with E-state index in [1.54, 1.807) is 0 Å². The number of fused-ring (bicyclic) bond motifs is 1. The van der Waals surface area contributed by atoms with Crippen LogP contribution in [0.25, 0.3) is 10.9 Å². The Labute approximate surface area is 220 Å². The molecule has 3 aromatic rings. The van der Waals surface area contributed by atoms with E-state index in [-0.39, 0.29) is 11.9 Å². The van der Waals surface area contributed by atoms with Crippen molar-refractivity contribution in [2.75, 3.05) is 27.2 Å². The van der Waals surface area contributed by atoms with Gasteiger partial charge >= 0.3 is 18.0 Å². The number of imide groups is 1. The number of nitrogens with zero attached hydrogens (tertiary/aromatic N) is 2. The van der Waals surface area contributed by atoms with Crippen LogP contribution in [-0.2, 0) is 33.6 Å². The number of amides is 3. The zero-order chi connectivity index (χ0) is 27.7. The molecule has 1 unspecified atom stereocenters. The molecule has 2 heterocycles. The standard InChI is InChI=1S/C24H28N4O2.C4H4O4/c1-27(2)12-11-19-16-25-21-9-8-18(14-20(19)21)15-22-23(29)28(24(30)26-22)13-10-17-6-4-3-5-7-17;5-3(6)1-2-4(7)8/h3-9,14,16,22,25H,10-13,15H2,1-2H3,(H,26,30);1-2H,(H,5,6)(H,7,8)/b;2-1-. The molecule has 2 aromatic carbocycles. The lowest BCUT2D eigenvalue weighted by Crippen LogP contribution is -2.33. The minimum Gasteiger partial charge on any atom is -0.478 e. The van der Waals surface area contributed by atoms with Crippen molar-refractivity contribution in [3.05, 3.63) is 83.6 Å². The molecule has 0 radical (unpaired) electrons. The van der Waals surface area contributed by atoms with E-state index in [9.17, 15) is 19.2 Å². The first-order valence-corrected chi connectivity index (χ1v) is 12.2. The van der Waals surface area contributed by atoms with Gasteiger partial charge in [-0.05, 0) is 55.8 Å². The summed E-state index contributed by atoms with van der Waals surface area (Å²) in [6.45, 7) is 1.38. The maximum Gasteiger partial charge on any atom is 0.328 e. The van der Waals surface area contributed by atoms with Gasteiger partial charge in [-0.3, -0.25) is 9.69 Å². The summed E-state index contributed by atoms with van der Waals surface area (Å²) in [7, 11) is 4.14. The van der Waals surface area contributed by atoms with E-state index in [2.05, 4.69) is 47.6 Å². The number of carbonyl (C=O) groups is 4. The predicted octanol–water partition coefficient (Wildman–Crippen LogP) is 2.69. The number of rotatable bonds is 10. The smallest absolute Gasteiger partial charge is 0.328 e. The quantitative estimate of drug-likeness (QED) is 0.238. The Bertz CT molecular complexity index is 1300. The van der Waals surface area contributed by atoms with Gasteiger partial charge in [0.05, 0.1) is 0 Å². The highest BCUT2D eigenvalue weighted by Crippen LogP contribution is 2.22. The molecule has 4 rings (SSSR count). The molecule has 1 fully saturated rings. The fourth-order valence-corrected chi connectivity index (χ4v) is 4.09. The number of benzene rings is 2. The highest BCUT2D eigenvalue weighted by atomic mass is 16.4. The number of hydrogen-bond acceptors (Lipinski definition) is 5. The number of likely N-dealkylation sites (N-methyl/N-ethyl adjacent to an activating group) is 1. The van der Waals surface area contributed by atoms with Crippen molar-refractivity contribution in [3.8, 4) is 0 Å². The first-order chi connectivity index (χ1) is 18.1. The molecule has 200 valence electrons. The van der Waals surface area contributed by atoms with E-state index in [1.807, 2.05) is 36.4 Å². The summed E-state index contributed by atoms with van der Waals surface area (Å²) < 4.78 is 0. The Kier molecular flexibility index (Phi) is 9.78. The first kappa shape index (κ1) is 28.1. The number of aromatic nitrogens is 1. The average molecular weight is 521 g/mol. The second kappa shape index (κ2) is 13.2. The van der Waals surface area contributed by atoms with Gasteiger partial charge in [0.2, 0.25) is 0 Å². The number of urea groups is 1. The van der Waals surface area contributed by atoms with Crippen molar-refractivity contribution in [1.29, 1.82) is 0 Å². The largest absolute Gasteiger partial charge is 0.478 e. The Hall–Kier alpha value is -4.44. The van der Waals surface area contributed by atoms with Crippen molar-refractivity contribution in [1.82, 2.24) is 20.1 Å². The maximum absolute atomic E-state index is 12.8. The minimum absolute atomic E-state index is 0.141. The molecule has 1 atom stereocenters. The number of H-pyrrole nitrogens is 1. The van der Waals surface area contributed by atoms with Gasteiger partial charge in [-0.15, -0.1) is 0 Å². The van der Waals surface area contributed by atoms with Crippen molar-refractivity contribution in [3.63, 3.8) is 0 Å². The molecule has 1 aliphatic rings. The van der Waals surface area contributed by atoms with E-state index in [0.29, 0.717) is 31.5 Å². The van der Waals surface area contributed by atoms with Gasteiger partial charge in [0.1, 0.15) is 6.04 Å². The molecule has 1 aromatic heterocycles. The minimum atomic E-state index is -1.26. The molecular formula is C28H32N4O6. The third kappa shape index (κ3) is 8.04. The molecule has 4 N–H and O–H groups in total. The summed E-state index contributed by atoms with van der Waals surface area (Å²) in [4.78, 5) is 51.1. The molecular weight excluding hydrogens is 488 g/mol. The van der Waals surface area contributed by atoms with Gasteiger partial charge in [-0.25, -0.2) is 14.4 Å². The zero-order valence-electron chi connectivity index (χ0n) is 21.4. The van der Waals surface area contributed by atoms with Gasteiger partial charge < -0.3 is 25.4 Å². The first-order valence-electron chi connectivity index (χ1n) is 12.2. The van der Waals surface area contributed by atoms with Gasteiger partial charge in [0.25, 0.3) is 5.91 Å². The molecule has 3 amide bonds. The molecule has 38 heavy (non-hydrogen) atoms. The number of carboxylic acid groups (broad SMARTS) is 2. The fourth-order valence-electron chi connectivity index (χ4n) is 4.09. The SMILES string of the molecule is CN(C)CCc1c[nH]c2ccc(CC3NC(=O)N(CCc4ccccc4)C3=O)cc12.O=C(O)/C=C\C(=O)O. The number of hydrogen-bond donors (Lipinski definition) is 4. The van der Waals surface area contributed by atoms with Crippen molar-refractivity contribution >= 4 is 34.8 Å². The number of nitrogens with one attached hydrogen (secondary N) is 2. The Morgan fingerprint density at radius 3 is 2.29 bits per heavy atom. The number of aromatic amines is 1. The third-order valence-electron chi connectivity index (χ3n) is 6.04. The third-order valence-corrected chi connectivity index (χ3v) is 6.04. The lowest BCUT2D eigenvalue weighted by molar-refractivity contribution is -0.134. The Balaban J connectivity index is 0.000000436. The van der Waals surface area contributed by atoms with Gasteiger partial charge in [-0.1, -0.05) is 36.4 Å². The second-order valence-corrected chi connectivity index (χ2v) is 9.19. The number of carbonyl (C=O) groups excluding carboxylic acids is 2. The highest BCUT2D eigenvalue weighted by Gasteiger charge is 2.37. The molecule has 1 saturated heterocycles. The topological polar surface area (TPSA) is 143 Å². The second-order valence-electron chi connectivity index (χ2n) is 9.19. The van der Waals surface area contributed by atoms with Crippen molar-refractivity contribution in [2.45, 2.75) is 25.3 Å². The van der Waals surface area contributed by atoms with E-state index in [0.717, 1.165) is 29.6 Å². The summed E-state index contributed by atoms with van der Waals surface area (Å²) in [5.41, 5.74) is 4.53. The molecule has 0 spiro atoms. The molecule has 10 heteroatoms. The van der Waals surface area contributed by atoms with E-state index in [1.165, 1.54) is 15.8 Å². The van der Waals surface area contributed by atoms with Crippen LogP contribution in [0.2, 0.25) is 0 Å². The Morgan fingerprint density at radius 1 is 0.974 bits per heavy atom. The van der Waals surface area contributed by atoms with Crippen LogP contribution in [0.5, 0.6) is 0 Å². The van der Waals surface area contributed by atoms with Gasteiger partial charge in [0, 0.05) is 48.8 Å². The Morgan fingerprint density at radius 2 is 1.66 bits per heavy atom. The summed E-state index contributed by atoms with van der Waals surface area (Å²) in [6, 6.07) is 15.3. The van der Waals surface area contributed by atoms with Crippen LogP contribution in [0.4, 0.5) is 4.79 Å². The molecule has 1 aliphatic heterocycles. The van der Waals surface area contributed by atoms with Crippen LogP contribution >= 0.6 is 0 Å². The van der Waals surface area contributed by atoms with E-state index in [4.69, 9.17) is 10.2 Å². The lowest BCUT2D eigenvalue weighted by atomic mass is 10.0. The normalized spacial score (nSPS) is 15.1. The van der Waals surface area contributed by atoms with Gasteiger partial charge in [-0.2, -0.15) is 0 Å². The molecule has 0 bridgehead atoms. The summed E-state index contributed by atoms with van der Waals surface area (Å²) >= 11 is 0. The van der Waals surface area contributed by atoms with Crippen LogP contribution in [-0.4, -0.2) is 82.1 Å². The summed E-state index contributed by atoms with van der Waals surface area (Å²) in [5.74, 6) is -2.65. The van der Waals surface area contributed by atoms with Gasteiger partial charge in [0.15, 0.2) is 0 Å². The molecule has 10 nitrogen and oxygen atoms in total. The van der Waals surface area contributed by atoms with Crippen molar-refractivity contribution < 1.29 is 29.4 Å². The van der Waals surface area contributed by atoms with E-state index < -0.39 is 18.0 Å². The van der Waals surface area contributed by atoms with Crippen LogP contribution in [0.3, 0.4) is 0 Å². The summed E-state index contributed by atoms with van der Waals surface area (Å²) in [5, 5.41) is 19.7. The zero-order valence-corrected chi connectivity index (χ0v) is 21.4. The maximum atomic E-state index is 12.8. The number of aliphatic carboxylic acids is 2. The van der Waals surface area contributed by atoms with Crippen LogP contribution in [0.15, 0.2) is 66.9 Å². The number of carboxylic acids is 2. The monoisotopic (exact) mass is 520 g/mol. The summed E-state index contributed by atoms with van der Waals surface area (Å²) in [6.07, 6.45) is 5.30. The fraction of sp³-hybridized carbons (Fsp3) is 0.286. The highest BCUT2D eigenvalue weighted by molar-refractivity contribution is 6.04. The molecule has 0 saturated carbocycles.